The Labute approximate surface area is 119 Å². The SMILES string of the molecule is Cc1ccc(C)c(C(C)Sc2ccc(C)c[n+]2[O-])c1. The first-order valence-electron chi connectivity index (χ1n) is 6.41. The van der Waals surface area contributed by atoms with Gasteiger partial charge in [0, 0.05) is 16.9 Å². The summed E-state index contributed by atoms with van der Waals surface area (Å²) >= 11 is 1.61. The third-order valence-electron chi connectivity index (χ3n) is 3.20. The Morgan fingerprint density at radius 1 is 1.05 bits per heavy atom. The summed E-state index contributed by atoms with van der Waals surface area (Å²) < 4.78 is 0.960. The lowest BCUT2D eigenvalue weighted by Crippen LogP contribution is -2.28. The molecule has 0 radical (unpaired) electrons. The lowest BCUT2D eigenvalue weighted by Gasteiger charge is -2.14. The molecule has 19 heavy (non-hydrogen) atoms. The molecule has 1 heterocycles. The van der Waals surface area contributed by atoms with Crippen molar-refractivity contribution in [3.05, 3.63) is 64.0 Å². The van der Waals surface area contributed by atoms with Gasteiger partial charge in [-0.1, -0.05) is 23.8 Å². The van der Waals surface area contributed by atoms with Crippen LogP contribution in [0, 0.1) is 26.0 Å². The molecule has 1 aromatic heterocycles. The smallest absolute Gasteiger partial charge is 0.251 e. The van der Waals surface area contributed by atoms with Crippen LogP contribution in [0.2, 0.25) is 0 Å². The molecule has 100 valence electrons. The summed E-state index contributed by atoms with van der Waals surface area (Å²) in [4.78, 5) is 0. The van der Waals surface area contributed by atoms with E-state index in [1.165, 1.54) is 16.7 Å². The van der Waals surface area contributed by atoms with Gasteiger partial charge in [-0.05, 0) is 56.7 Å². The summed E-state index contributed by atoms with van der Waals surface area (Å²) in [6.07, 6.45) is 1.62. The van der Waals surface area contributed by atoms with Gasteiger partial charge in [0.1, 0.15) is 0 Å². The molecule has 2 rings (SSSR count). The fourth-order valence-electron chi connectivity index (χ4n) is 2.10. The van der Waals surface area contributed by atoms with Crippen LogP contribution < -0.4 is 4.73 Å². The van der Waals surface area contributed by atoms with Crippen molar-refractivity contribution in [2.75, 3.05) is 0 Å². The van der Waals surface area contributed by atoms with E-state index in [0.29, 0.717) is 0 Å². The molecule has 0 bridgehead atoms. The van der Waals surface area contributed by atoms with Gasteiger partial charge in [-0.3, -0.25) is 0 Å². The largest absolute Gasteiger partial charge is 0.618 e. The van der Waals surface area contributed by atoms with Gasteiger partial charge >= 0.3 is 0 Å². The summed E-state index contributed by atoms with van der Waals surface area (Å²) in [5, 5.41) is 12.9. The molecule has 0 amide bonds. The zero-order chi connectivity index (χ0) is 14.0. The number of benzene rings is 1. The summed E-state index contributed by atoms with van der Waals surface area (Å²) in [5.41, 5.74) is 4.81. The van der Waals surface area contributed by atoms with E-state index in [2.05, 4.69) is 39.0 Å². The molecule has 0 aliphatic carbocycles. The van der Waals surface area contributed by atoms with Gasteiger partial charge < -0.3 is 5.21 Å². The van der Waals surface area contributed by atoms with Gasteiger partial charge in [-0.15, -0.1) is 0 Å². The van der Waals surface area contributed by atoms with Crippen molar-refractivity contribution in [2.24, 2.45) is 0 Å². The van der Waals surface area contributed by atoms with Crippen LogP contribution in [-0.4, -0.2) is 0 Å². The van der Waals surface area contributed by atoms with E-state index in [1.54, 1.807) is 18.0 Å². The molecule has 1 unspecified atom stereocenters. The van der Waals surface area contributed by atoms with E-state index < -0.39 is 0 Å². The van der Waals surface area contributed by atoms with Gasteiger partial charge in [0.2, 0.25) is 0 Å². The predicted molar refractivity (Wildman–Crippen MR) is 80.3 cm³/mol. The molecule has 3 heteroatoms. The monoisotopic (exact) mass is 273 g/mol. The molecule has 1 aromatic carbocycles. The van der Waals surface area contributed by atoms with E-state index in [1.807, 2.05) is 19.1 Å². The second kappa shape index (κ2) is 5.66. The van der Waals surface area contributed by atoms with Crippen LogP contribution in [-0.2, 0) is 0 Å². The molecule has 1 atom stereocenters. The van der Waals surface area contributed by atoms with Crippen LogP contribution >= 0.6 is 11.8 Å². The van der Waals surface area contributed by atoms with Gasteiger partial charge in [0.15, 0.2) is 6.20 Å². The Kier molecular flexibility index (Phi) is 4.15. The third-order valence-corrected chi connectivity index (χ3v) is 4.36. The summed E-state index contributed by atoms with van der Waals surface area (Å²) in [5.74, 6) is 0. The highest BCUT2D eigenvalue weighted by molar-refractivity contribution is 7.99. The number of hydrogen-bond donors (Lipinski definition) is 0. The molecule has 0 N–H and O–H groups in total. The standard InChI is InChI=1S/C16H19NOS/c1-11-5-7-13(3)15(9-11)14(4)19-16-8-6-12(2)10-17(16)18/h5-10,14H,1-4H3. The summed E-state index contributed by atoms with van der Waals surface area (Å²) in [6.45, 7) is 8.29. The Morgan fingerprint density at radius 2 is 1.74 bits per heavy atom. The van der Waals surface area contributed by atoms with Crippen LogP contribution in [0.25, 0.3) is 0 Å². The highest BCUT2D eigenvalue weighted by Gasteiger charge is 2.15. The summed E-state index contributed by atoms with van der Waals surface area (Å²) in [6, 6.07) is 10.3. The minimum atomic E-state index is 0.266. The minimum Gasteiger partial charge on any atom is -0.618 e. The topological polar surface area (TPSA) is 26.9 Å². The van der Waals surface area contributed by atoms with Crippen LogP contribution in [0.1, 0.15) is 34.4 Å². The number of aryl methyl sites for hydroxylation is 3. The second-order valence-corrected chi connectivity index (χ2v) is 6.35. The summed E-state index contributed by atoms with van der Waals surface area (Å²) in [7, 11) is 0. The fourth-order valence-corrected chi connectivity index (χ4v) is 3.15. The minimum absolute atomic E-state index is 0.266. The van der Waals surface area contributed by atoms with Crippen LogP contribution in [0.15, 0.2) is 41.6 Å². The molecule has 2 aromatic rings. The van der Waals surface area contributed by atoms with Crippen LogP contribution in [0.4, 0.5) is 0 Å². The van der Waals surface area contributed by atoms with Crippen molar-refractivity contribution in [1.29, 1.82) is 0 Å². The van der Waals surface area contributed by atoms with Gasteiger partial charge in [0.05, 0.1) is 0 Å². The normalized spacial score (nSPS) is 12.4. The molecule has 0 aliphatic rings. The van der Waals surface area contributed by atoms with Crippen molar-refractivity contribution >= 4 is 11.8 Å². The molecule has 2 nitrogen and oxygen atoms in total. The molecule has 0 fully saturated rings. The first-order valence-corrected chi connectivity index (χ1v) is 7.29. The zero-order valence-electron chi connectivity index (χ0n) is 11.8. The van der Waals surface area contributed by atoms with E-state index in [4.69, 9.17) is 0 Å². The number of aromatic nitrogens is 1. The molecule has 0 saturated carbocycles. The van der Waals surface area contributed by atoms with E-state index in [9.17, 15) is 5.21 Å². The van der Waals surface area contributed by atoms with Gasteiger partial charge in [-0.25, -0.2) is 0 Å². The number of thioether (sulfide) groups is 1. The lowest BCUT2D eigenvalue weighted by atomic mass is 10.0. The van der Waals surface area contributed by atoms with Crippen LogP contribution in [0.3, 0.4) is 0 Å². The highest BCUT2D eigenvalue weighted by atomic mass is 32.2. The molecular formula is C16H19NOS. The quantitative estimate of drug-likeness (QED) is 0.478. The van der Waals surface area contributed by atoms with E-state index in [-0.39, 0.29) is 5.25 Å². The Morgan fingerprint density at radius 3 is 2.42 bits per heavy atom. The number of nitrogens with zero attached hydrogens (tertiary/aromatic N) is 1. The van der Waals surface area contributed by atoms with Crippen LogP contribution in [0.5, 0.6) is 0 Å². The van der Waals surface area contributed by atoms with Crippen molar-refractivity contribution in [3.63, 3.8) is 0 Å². The predicted octanol–water partition coefficient (Wildman–Crippen LogP) is 4.10. The van der Waals surface area contributed by atoms with Gasteiger partial charge in [0.25, 0.3) is 5.03 Å². The zero-order valence-corrected chi connectivity index (χ0v) is 12.6. The highest BCUT2D eigenvalue weighted by Crippen LogP contribution is 2.34. The van der Waals surface area contributed by atoms with E-state index in [0.717, 1.165) is 15.3 Å². The van der Waals surface area contributed by atoms with Crippen molar-refractivity contribution < 1.29 is 4.73 Å². The first-order chi connectivity index (χ1) is 8.97. The molecule has 0 saturated heterocycles. The van der Waals surface area contributed by atoms with Crippen molar-refractivity contribution in [2.45, 2.75) is 38.0 Å². The Balaban J connectivity index is 2.25. The maximum absolute atomic E-state index is 11.9. The van der Waals surface area contributed by atoms with Gasteiger partial charge in [-0.2, -0.15) is 4.73 Å². The lowest BCUT2D eigenvalue weighted by molar-refractivity contribution is -0.645. The maximum atomic E-state index is 11.9. The number of pyridine rings is 1. The third kappa shape index (κ3) is 3.29. The average molecular weight is 273 g/mol. The molecular weight excluding hydrogens is 254 g/mol. The molecule has 0 spiro atoms. The Bertz CT molecular complexity index is 595. The molecule has 0 aliphatic heterocycles. The fraction of sp³-hybridized carbons (Fsp3) is 0.312. The van der Waals surface area contributed by atoms with Crippen molar-refractivity contribution in [1.82, 2.24) is 0 Å². The first kappa shape index (κ1) is 13.9. The van der Waals surface area contributed by atoms with E-state index >= 15 is 0 Å². The Hall–Kier alpha value is -1.48. The van der Waals surface area contributed by atoms with Crippen molar-refractivity contribution in [3.8, 4) is 0 Å². The average Bonchev–Trinajstić information content (AvgIpc) is 2.35. The number of hydrogen-bond acceptors (Lipinski definition) is 2. The number of rotatable bonds is 3. The second-order valence-electron chi connectivity index (χ2n) is 4.99. The maximum Gasteiger partial charge on any atom is 0.251 e.